The molecule has 0 aliphatic rings. The molecule has 9 heteroatoms. The van der Waals surface area contributed by atoms with Gasteiger partial charge in [-0.3, -0.25) is 19.0 Å². The molecule has 0 fully saturated rings. The Morgan fingerprint density at radius 3 is 2.45 bits per heavy atom. The molecule has 2 aromatic heterocycles. The molecule has 106 valence electrons. The normalized spacial score (nSPS) is 10.6. The molecule has 2 rings (SSSR count). The van der Waals surface area contributed by atoms with E-state index in [1.807, 2.05) is 0 Å². The van der Waals surface area contributed by atoms with Gasteiger partial charge in [-0.05, 0) is 22.9 Å². The number of carbonyl (C=O) groups is 2. The maximum atomic E-state index is 12.3. The highest BCUT2D eigenvalue weighted by atomic mass is 79.9. The number of nitrogens with one attached hydrogen (secondary N) is 1. The lowest BCUT2D eigenvalue weighted by Gasteiger charge is -2.06. The quantitative estimate of drug-likeness (QED) is 0.851. The Balaban J connectivity index is 2.36. The van der Waals surface area contributed by atoms with Gasteiger partial charge in [-0.1, -0.05) is 0 Å². The summed E-state index contributed by atoms with van der Waals surface area (Å²) < 4.78 is 3.36. The zero-order chi connectivity index (χ0) is 15.0. The van der Waals surface area contributed by atoms with Crippen LogP contribution in [0.15, 0.2) is 10.7 Å². The second-order valence-corrected chi connectivity index (χ2v) is 5.01. The molecular weight excluding hydrogens is 328 g/mol. The van der Waals surface area contributed by atoms with Crippen molar-refractivity contribution in [1.29, 1.82) is 0 Å². The van der Waals surface area contributed by atoms with Gasteiger partial charge in [0.2, 0.25) is 0 Å². The Labute approximate surface area is 123 Å². The van der Waals surface area contributed by atoms with E-state index in [2.05, 4.69) is 31.4 Å². The molecule has 0 saturated carbocycles. The maximum absolute atomic E-state index is 12.3. The van der Waals surface area contributed by atoms with E-state index in [0.717, 1.165) is 0 Å². The summed E-state index contributed by atoms with van der Waals surface area (Å²) >= 11 is 3.31. The summed E-state index contributed by atoms with van der Waals surface area (Å²) in [5.41, 5.74) is 6.70. The molecule has 2 amide bonds. The fourth-order valence-corrected chi connectivity index (χ4v) is 2.40. The van der Waals surface area contributed by atoms with Crippen molar-refractivity contribution in [3.8, 4) is 0 Å². The minimum Gasteiger partial charge on any atom is -0.364 e. The van der Waals surface area contributed by atoms with Crippen LogP contribution in [-0.4, -0.2) is 31.4 Å². The van der Waals surface area contributed by atoms with Gasteiger partial charge in [-0.2, -0.15) is 10.2 Å². The number of nitrogens with two attached hydrogens (primary N) is 1. The third kappa shape index (κ3) is 2.31. The average molecular weight is 341 g/mol. The van der Waals surface area contributed by atoms with Crippen molar-refractivity contribution in [2.45, 2.75) is 6.92 Å². The Hall–Kier alpha value is -2.16. The fourth-order valence-electron chi connectivity index (χ4n) is 1.88. The lowest BCUT2D eigenvalue weighted by atomic mass is 10.3. The zero-order valence-electron chi connectivity index (χ0n) is 11.1. The van der Waals surface area contributed by atoms with Gasteiger partial charge in [0.15, 0.2) is 0 Å². The fraction of sp³-hybridized carbons (Fsp3) is 0.273. The van der Waals surface area contributed by atoms with Gasteiger partial charge in [0.25, 0.3) is 11.8 Å². The van der Waals surface area contributed by atoms with E-state index < -0.39 is 11.8 Å². The lowest BCUT2D eigenvalue weighted by molar-refractivity contribution is 0.0992. The van der Waals surface area contributed by atoms with E-state index in [9.17, 15) is 9.59 Å². The maximum Gasteiger partial charge on any atom is 0.275 e. The van der Waals surface area contributed by atoms with E-state index in [4.69, 9.17) is 5.73 Å². The van der Waals surface area contributed by atoms with Crippen LogP contribution in [0.1, 0.15) is 26.7 Å². The van der Waals surface area contributed by atoms with E-state index >= 15 is 0 Å². The highest BCUT2D eigenvalue weighted by Crippen LogP contribution is 2.22. The van der Waals surface area contributed by atoms with Crippen LogP contribution in [0.4, 0.5) is 5.69 Å². The second kappa shape index (κ2) is 5.08. The van der Waals surface area contributed by atoms with Crippen molar-refractivity contribution in [2.24, 2.45) is 19.8 Å². The monoisotopic (exact) mass is 340 g/mol. The van der Waals surface area contributed by atoms with Gasteiger partial charge < -0.3 is 11.1 Å². The predicted molar refractivity (Wildman–Crippen MR) is 75.3 cm³/mol. The Bertz CT molecular complexity index is 702. The summed E-state index contributed by atoms with van der Waals surface area (Å²) in [6.45, 7) is 1.78. The van der Waals surface area contributed by atoms with Crippen LogP contribution >= 0.6 is 15.9 Å². The van der Waals surface area contributed by atoms with Gasteiger partial charge >= 0.3 is 0 Å². The topological polar surface area (TPSA) is 108 Å². The number of halogens is 1. The number of primary amides is 1. The summed E-state index contributed by atoms with van der Waals surface area (Å²) in [5.74, 6) is -1.07. The third-order valence-electron chi connectivity index (χ3n) is 2.78. The first kappa shape index (κ1) is 14.3. The molecule has 2 aromatic rings. The molecule has 3 N–H and O–H groups in total. The summed E-state index contributed by atoms with van der Waals surface area (Å²) in [5, 5.41) is 10.6. The van der Waals surface area contributed by atoms with Crippen LogP contribution in [-0.2, 0) is 14.1 Å². The minimum atomic E-state index is -0.666. The highest BCUT2D eigenvalue weighted by molar-refractivity contribution is 9.10. The van der Waals surface area contributed by atoms with Gasteiger partial charge in [-0.25, -0.2) is 0 Å². The van der Waals surface area contributed by atoms with Gasteiger partial charge in [0.1, 0.15) is 11.4 Å². The van der Waals surface area contributed by atoms with Crippen molar-refractivity contribution in [2.75, 3.05) is 5.32 Å². The molecule has 0 atom stereocenters. The van der Waals surface area contributed by atoms with Gasteiger partial charge in [0.05, 0.1) is 22.1 Å². The summed E-state index contributed by atoms with van der Waals surface area (Å²) in [7, 11) is 3.23. The number of carbonyl (C=O) groups excluding carboxylic acids is 2. The van der Waals surface area contributed by atoms with Crippen molar-refractivity contribution < 1.29 is 9.59 Å². The number of hydrogen-bond acceptors (Lipinski definition) is 4. The number of anilines is 1. The van der Waals surface area contributed by atoms with E-state index in [-0.39, 0.29) is 11.4 Å². The predicted octanol–water partition coefficient (Wildman–Crippen LogP) is 0.576. The van der Waals surface area contributed by atoms with Crippen LogP contribution in [0, 0.1) is 6.92 Å². The SMILES string of the molecule is Cc1nn(C)c(C(=O)Nc2cnn(C)c2C(N)=O)c1Br. The largest absolute Gasteiger partial charge is 0.364 e. The third-order valence-corrected chi connectivity index (χ3v) is 3.73. The Morgan fingerprint density at radius 2 is 1.95 bits per heavy atom. The zero-order valence-corrected chi connectivity index (χ0v) is 12.7. The summed E-state index contributed by atoms with van der Waals surface area (Å²) in [6, 6.07) is 0. The molecule has 0 aliphatic carbocycles. The number of rotatable bonds is 3. The molecule has 8 nitrogen and oxygen atoms in total. The first-order valence-electron chi connectivity index (χ1n) is 5.65. The van der Waals surface area contributed by atoms with Crippen molar-refractivity contribution in [3.05, 3.63) is 27.8 Å². The minimum absolute atomic E-state index is 0.133. The van der Waals surface area contributed by atoms with Crippen LogP contribution in [0.3, 0.4) is 0 Å². The van der Waals surface area contributed by atoms with Crippen LogP contribution in [0.25, 0.3) is 0 Å². The van der Waals surface area contributed by atoms with Crippen LogP contribution < -0.4 is 11.1 Å². The molecule has 0 spiro atoms. The molecular formula is C11H13BrN6O2. The van der Waals surface area contributed by atoms with Crippen LogP contribution in [0.2, 0.25) is 0 Å². The molecule has 0 saturated heterocycles. The number of aryl methyl sites for hydroxylation is 3. The second-order valence-electron chi connectivity index (χ2n) is 4.22. The Morgan fingerprint density at radius 1 is 1.30 bits per heavy atom. The van der Waals surface area contributed by atoms with Crippen LogP contribution in [0.5, 0.6) is 0 Å². The molecule has 0 unspecified atom stereocenters. The molecule has 0 bridgehead atoms. The van der Waals surface area contributed by atoms with Crippen molar-refractivity contribution in [3.63, 3.8) is 0 Å². The first-order chi connectivity index (χ1) is 9.32. The lowest BCUT2D eigenvalue weighted by Crippen LogP contribution is -2.21. The molecule has 2 heterocycles. The number of aromatic nitrogens is 4. The molecule has 0 aromatic carbocycles. The van der Waals surface area contributed by atoms with E-state index in [1.54, 1.807) is 21.0 Å². The smallest absolute Gasteiger partial charge is 0.275 e. The van der Waals surface area contributed by atoms with E-state index in [0.29, 0.717) is 15.9 Å². The Kier molecular flexibility index (Phi) is 3.62. The first-order valence-corrected chi connectivity index (χ1v) is 6.44. The highest BCUT2D eigenvalue weighted by Gasteiger charge is 2.21. The van der Waals surface area contributed by atoms with Gasteiger partial charge in [-0.15, -0.1) is 0 Å². The molecule has 0 aliphatic heterocycles. The van der Waals surface area contributed by atoms with E-state index in [1.165, 1.54) is 15.6 Å². The van der Waals surface area contributed by atoms with Crippen molar-refractivity contribution in [1.82, 2.24) is 19.6 Å². The number of hydrogen-bond donors (Lipinski definition) is 2. The molecule has 20 heavy (non-hydrogen) atoms. The summed E-state index contributed by atoms with van der Waals surface area (Å²) in [6.07, 6.45) is 1.37. The molecule has 0 radical (unpaired) electrons. The average Bonchev–Trinajstić information content (AvgIpc) is 2.81. The summed E-state index contributed by atoms with van der Waals surface area (Å²) in [4.78, 5) is 23.6. The standard InChI is InChI=1S/C11H13BrN6O2/c1-5-7(12)9(18(3)16-5)11(20)15-6-4-14-17(2)8(6)10(13)19/h4H,1-3H3,(H2,13,19)(H,15,20). The van der Waals surface area contributed by atoms with Gasteiger partial charge in [0, 0.05) is 14.1 Å². The number of amides is 2. The van der Waals surface area contributed by atoms with Crippen molar-refractivity contribution >= 4 is 33.4 Å². The number of nitrogens with zero attached hydrogens (tertiary/aromatic N) is 4.